The second-order valence-corrected chi connectivity index (χ2v) is 3.91. The van der Waals surface area contributed by atoms with Gasteiger partial charge in [-0.25, -0.2) is 0 Å². The third-order valence-electron chi connectivity index (χ3n) is 2.13. The average Bonchev–Trinajstić information content (AvgIpc) is 2.26. The molecule has 0 saturated carbocycles. The van der Waals surface area contributed by atoms with Gasteiger partial charge in [0.05, 0.1) is 10.6 Å². The van der Waals surface area contributed by atoms with E-state index < -0.39 is 5.91 Å². The lowest BCUT2D eigenvalue weighted by molar-refractivity contribution is -0.116. The van der Waals surface area contributed by atoms with Gasteiger partial charge in [-0.1, -0.05) is 11.6 Å². The van der Waals surface area contributed by atoms with Gasteiger partial charge in [-0.05, 0) is 31.2 Å². The maximum absolute atomic E-state index is 11.4. The fraction of sp³-hybridized carbons (Fsp3) is 0.273. The van der Waals surface area contributed by atoms with Gasteiger partial charge in [0.15, 0.2) is 0 Å². The summed E-state index contributed by atoms with van der Waals surface area (Å²) in [6.07, 6.45) is 0.977. The van der Waals surface area contributed by atoms with Gasteiger partial charge in [0.25, 0.3) is 0 Å². The SMILES string of the molecule is Cl.NCCCC(=O)Nc1ccc(C(N)=O)c(Cl)c1. The predicted molar refractivity (Wildman–Crippen MR) is 74.1 cm³/mol. The van der Waals surface area contributed by atoms with Gasteiger partial charge in [0.2, 0.25) is 11.8 Å². The molecule has 7 heteroatoms. The van der Waals surface area contributed by atoms with Crippen molar-refractivity contribution in [3.63, 3.8) is 0 Å². The summed E-state index contributed by atoms with van der Waals surface area (Å²) < 4.78 is 0. The standard InChI is InChI=1S/C11H14ClN3O2.ClH/c12-9-6-7(3-4-8(9)11(14)17)15-10(16)2-1-5-13;/h3-4,6H,1-2,5,13H2,(H2,14,17)(H,15,16);1H. The van der Waals surface area contributed by atoms with Crippen molar-refractivity contribution >= 4 is 41.5 Å². The van der Waals surface area contributed by atoms with E-state index in [1.54, 1.807) is 6.07 Å². The molecule has 18 heavy (non-hydrogen) atoms. The number of primary amides is 1. The number of amides is 2. The van der Waals surface area contributed by atoms with E-state index >= 15 is 0 Å². The summed E-state index contributed by atoms with van der Waals surface area (Å²) >= 11 is 5.84. The van der Waals surface area contributed by atoms with E-state index in [4.69, 9.17) is 23.1 Å². The molecule has 0 bridgehead atoms. The monoisotopic (exact) mass is 291 g/mol. The molecule has 5 nitrogen and oxygen atoms in total. The number of benzene rings is 1. The van der Waals surface area contributed by atoms with Gasteiger partial charge < -0.3 is 16.8 Å². The van der Waals surface area contributed by atoms with Crippen LogP contribution in [0.4, 0.5) is 5.69 Å². The third-order valence-corrected chi connectivity index (χ3v) is 2.44. The Morgan fingerprint density at radius 2 is 2.00 bits per heavy atom. The summed E-state index contributed by atoms with van der Waals surface area (Å²) in [5.74, 6) is -0.741. The number of carbonyl (C=O) groups excluding carboxylic acids is 2. The van der Waals surface area contributed by atoms with Crippen LogP contribution < -0.4 is 16.8 Å². The molecule has 0 aromatic heterocycles. The minimum atomic E-state index is -0.601. The first-order valence-electron chi connectivity index (χ1n) is 5.14. The lowest BCUT2D eigenvalue weighted by atomic mass is 10.2. The van der Waals surface area contributed by atoms with Crippen LogP contribution in [0.3, 0.4) is 0 Å². The van der Waals surface area contributed by atoms with Gasteiger partial charge in [0, 0.05) is 12.1 Å². The van der Waals surface area contributed by atoms with E-state index in [9.17, 15) is 9.59 Å². The fourth-order valence-corrected chi connectivity index (χ4v) is 1.55. The largest absolute Gasteiger partial charge is 0.366 e. The molecule has 5 N–H and O–H groups in total. The van der Waals surface area contributed by atoms with E-state index in [0.29, 0.717) is 25.1 Å². The Morgan fingerprint density at radius 1 is 1.33 bits per heavy atom. The molecule has 2 amide bonds. The number of anilines is 1. The Balaban J connectivity index is 0.00000289. The molecule has 100 valence electrons. The lowest BCUT2D eigenvalue weighted by Crippen LogP contribution is -2.14. The van der Waals surface area contributed by atoms with Crippen molar-refractivity contribution in [3.05, 3.63) is 28.8 Å². The zero-order valence-electron chi connectivity index (χ0n) is 9.61. The van der Waals surface area contributed by atoms with Crippen LogP contribution in [-0.2, 0) is 4.79 Å². The third kappa shape index (κ3) is 4.91. The molecule has 0 heterocycles. The van der Waals surface area contributed by atoms with E-state index in [0.717, 1.165) is 0 Å². The van der Waals surface area contributed by atoms with Crippen molar-refractivity contribution in [1.29, 1.82) is 0 Å². The number of nitrogens with two attached hydrogens (primary N) is 2. The van der Waals surface area contributed by atoms with Crippen molar-refractivity contribution in [3.8, 4) is 0 Å². The highest BCUT2D eigenvalue weighted by atomic mass is 35.5. The Bertz CT molecular complexity index is 438. The molecule has 1 rings (SSSR count). The zero-order chi connectivity index (χ0) is 12.8. The normalized spacial score (nSPS) is 9.44. The topological polar surface area (TPSA) is 98.2 Å². The molecule has 0 aliphatic heterocycles. The Hall–Kier alpha value is -1.30. The molecule has 1 aromatic carbocycles. The van der Waals surface area contributed by atoms with E-state index in [1.165, 1.54) is 12.1 Å². The molecule has 0 aliphatic carbocycles. The van der Waals surface area contributed by atoms with Gasteiger partial charge in [0.1, 0.15) is 0 Å². The maximum atomic E-state index is 11.4. The first-order chi connectivity index (χ1) is 8.04. The summed E-state index contributed by atoms with van der Waals surface area (Å²) in [4.78, 5) is 22.3. The summed E-state index contributed by atoms with van der Waals surface area (Å²) in [6, 6.07) is 4.54. The molecule has 0 atom stereocenters. The van der Waals surface area contributed by atoms with Crippen LogP contribution in [0.25, 0.3) is 0 Å². The second-order valence-electron chi connectivity index (χ2n) is 3.50. The highest BCUT2D eigenvalue weighted by molar-refractivity contribution is 6.34. The summed E-state index contributed by atoms with van der Waals surface area (Å²) in [5, 5.41) is 2.87. The quantitative estimate of drug-likeness (QED) is 0.767. The second kappa shape index (κ2) is 7.92. The number of carbonyl (C=O) groups is 2. The summed E-state index contributed by atoms with van der Waals surface area (Å²) in [7, 11) is 0. The van der Waals surface area contributed by atoms with Crippen LogP contribution in [0.2, 0.25) is 5.02 Å². The highest BCUT2D eigenvalue weighted by Gasteiger charge is 2.08. The number of nitrogens with one attached hydrogen (secondary N) is 1. The van der Waals surface area contributed by atoms with Crippen molar-refractivity contribution in [2.24, 2.45) is 11.5 Å². The van der Waals surface area contributed by atoms with E-state index in [1.807, 2.05) is 0 Å². The molecule has 0 saturated heterocycles. The number of hydrogen-bond acceptors (Lipinski definition) is 3. The molecule has 0 radical (unpaired) electrons. The highest BCUT2D eigenvalue weighted by Crippen LogP contribution is 2.20. The van der Waals surface area contributed by atoms with Crippen molar-refractivity contribution in [1.82, 2.24) is 0 Å². The van der Waals surface area contributed by atoms with Crippen LogP contribution >= 0.6 is 24.0 Å². The van der Waals surface area contributed by atoms with Crippen molar-refractivity contribution in [2.45, 2.75) is 12.8 Å². The predicted octanol–water partition coefficient (Wildman–Crippen LogP) is 1.54. The van der Waals surface area contributed by atoms with Gasteiger partial charge in [-0.3, -0.25) is 9.59 Å². The van der Waals surface area contributed by atoms with Gasteiger partial charge in [-0.15, -0.1) is 12.4 Å². The average molecular weight is 292 g/mol. The fourth-order valence-electron chi connectivity index (χ4n) is 1.28. The molecular formula is C11H15Cl2N3O2. The zero-order valence-corrected chi connectivity index (χ0v) is 11.2. The number of rotatable bonds is 5. The molecule has 0 spiro atoms. The van der Waals surface area contributed by atoms with Crippen LogP contribution in [0.1, 0.15) is 23.2 Å². The first-order valence-corrected chi connectivity index (χ1v) is 5.51. The van der Waals surface area contributed by atoms with Gasteiger partial charge >= 0.3 is 0 Å². The van der Waals surface area contributed by atoms with Crippen LogP contribution in [0.15, 0.2) is 18.2 Å². The van der Waals surface area contributed by atoms with Gasteiger partial charge in [-0.2, -0.15) is 0 Å². The molecular weight excluding hydrogens is 277 g/mol. The van der Waals surface area contributed by atoms with Crippen molar-refractivity contribution in [2.75, 3.05) is 11.9 Å². The van der Waals surface area contributed by atoms with Crippen molar-refractivity contribution < 1.29 is 9.59 Å². The Kier molecular flexibility index (Phi) is 7.35. The number of halogens is 2. The van der Waals surface area contributed by atoms with E-state index in [-0.39, 0.29) is 28.9 Å². The minimum Gasteiger partial charge on any atom is -0.366 e. The molecule has 0 fully saturated rings. The Labute approximate surface area is 116 Å². The first kappa shape index (κ1) is 16.7. The van der Waals surface area contributed by atoms with Crippen LogP contribution in [-0.4, -0.2) is 18.4 Å². The van der Waals surface area contributed by atoms with Crippen LogP contribution in [0, 0.1) is 0 Å². The Morgan fingerprint density at radius 3 is 2.50 bits per heavy atom. The summed E-state index contributed by atoms with van der Waals surface area (Å²) in [5.41, 5.74) is 11.2. The lowest BCUT2D eigenvalue weighted by Gasteiger charge is -2.06. The summed E-state index contributed by atoms with van der Waals surface area (Å²) in [6.45, 7) is 0.467. The maximum Gasteiger partial charge on any atom is 0.250 e. The molecule has 1 aromatic rings. The molecule has 0 unspecified atom stereocenters. The smallest absolute Gasteiger partial charge is 0.250 e. The minimum absolute atomic E-state index is 0. The van der Waals surface area contributed by atoms with E-state index in [2.05, 4.69) is 5.32 Å². The van der Waals surface area contributed by atoms with Crippen LogP contribution in [0.5, 0.6) is 0 Å². The molecule has 0 aliphatic rings. The number of hydrogen-bond donors (Lipinski definition) is 3.